The van der Waals surface area contributed by atoms with E-state index in [9.17, 15) is 4.79 Å². The van der Waals surface area contributed by atoms with Crippen LogP contribution >= 0.6 is 0 Å². The van der Waals surface area contributed by atoms with E-state index in [1.807, 2.05) is 6.07 Å². The Morgan fingerprint density at radius 1 is 1.26 bits per heavy atom. The van der Waals surface area contributed by atoms with E-state index in [2.05, 4.69) is 4.98 Å². The quantitative estimate of drug-likeness (QED) is 0.825. The molecule has 1 aliphatic rings. The van der Waals surface area contributed by atoms with Gasteiger partial charge in [-0.1, -0.05) is 0 Å². The lowest BCUT2D eigenvalue weighted by atomic mass is 10.1. The summed E-state index contributed by atoms with van der Waals surface area (Å²) in [7, 11) is 1.71. The highest BCUT2D eigenvalue weighted by molar-refractivity contribution is 6.06. The lowest BCUT2D eigenvalue weighted by Crippen LogP contribution is -2.26. The molecule has 1 aromatic heterocycles. The Bertz CT molecular complexity index is 613. The van der Waals surface area contributed by atoms with E-state index in [4.69, 9.17) is 9.47 Å². The number of carbonyl (C=O) groups excluding carboxylic acids is 1. The number of rotatable bonds is 2. The zero-order chi connectivity index (χ0) is 13.2. The van der Waals surface area contributed by atoms with Crippen LogP contribution in [0.15, 0.2) is 42.7 Å². The molecule has 0 N–H and O–H groups in total. The normalized spacial score (nSPS) is 12.3. The number of aromatic nitrogens is 1. The van der Waals surface area contributed by atoms with Crippen molar-refractivity contribution in [2.24, 2.45) is 0 Å². The van der Waals surface area contributed by atoms with Gasteiger partial charge in [-0.2, -0.15) is 0 Å². The largest absolute Gasteiger partial charge is 0.454 e. The summed E-state index contributed by atoms with van der Waals surface area (Å²) in [5, 5.41) is 0. The van der Waals surface area contributed by atoms with E-state index in [1.165, 1.54) is 0 Å². The number of amides is 1. The molecule has 0 spiro atoms. The number of pyridine rings is 1. The number of anilines is 1. The molecular weight excluding hydrogens is 244 g/mol. The third-order valence-electron chi connectivity index (χ3n) is 2.96. The van der Waals surface area contributed by atoms with Crippen molar-refractivity contribution in [2.45, 2.75) is 0 Å². The highest BCUT2D eigenvalue weighted by atomic mass is 16.7. The molecule has 2 aromatic rings. The zero-order valence-electron chi connectivity index (χ0n) is 10.4. The molecule has 0 aliphatic carbocycles. The number of hydrogen-bond acceptors (Lipinski definition) is 4. The molecule has 0 radical (unpaired) electrons. The van der Waals surface area contributed by atoms with Crippen LogP contribution in [0.3, 0.4) is 0 Å². The molecule has 1 amide bonds. The molecule has 0 atom stereocenters. The second-order valence-corrected chi connectivity index (χ2v) is 4.14. The first-order valence-corrected chi connectivity index (χ1v) is 5.83. The third-order valence-corrected chi connectivity index (χ3v) is 2.96. The monoisotopic (exact) mass is 256 g/mol. The summed E-state index contributed by atoms with van der Waals surface area (Å²) >= 11 is 0. The van der Waals surface area contributed by atoms with Crippen molar-refractivity contribution in [3.8, 4) is 11.5 Å². The number of benzene rings is 1. The Morgan fingerprint density at radius 2 is 2.11 bits per heavy atom. The van der Waals surface area contributed by atoms with Crippen LogP contribution in [0.1, 0.15) is 10.4 Å². The topological polar surface area (TPSA) is 51.7 Å². The third kappa shape index (κ3) is 2.10. The Hall–Kier alpha value is -2.56. The van der Waals surface area contributed by atoms with Gasteiger partial charge < -0.3 is 14.4 Å². The maximum atomic E-state index is 12.3. The summed E-state index contributed by atoms with van der Waals surface area (Å²) in [6, 6.07) is 8.78. The van der Waals surface area contributed by atoms with Crippen molar-refractivity contribution >= 4 is 11.6 Å². The fourth-order valence-electron chi connectivity index (χ4n) is 1.89. The lowest BCUT2D eigenvalue weighted by Gasteiger charge is -2.16. The van der Waals surface area contributed by atoms with Gasteiger partial charge in [0.25, 0.3) is 5.91 Å². The fraction of sp³-hybridized carbons (Fsp3) is 0.143. The van der Waals surface area contributed by atoms with E-state index in [1.54, 1.807) is 48.6 Å². The molecule has 5 nitrogen and oxygen atoms in total. The molecule has 5 heteroatoms. The average Bonchev–Trinajstić information content (AvgIpc) is 2.94. The lowest BCUT2D eigenvalue weighted by molar-refractivity contribution is 0.0992. The molecule has 3 rings (SSSR count). The van der Waals surface area contributed by atoms with Crippen molar-refractivity contribution < 1.29 is 14.3 Å². The van der Waals surface area contributed by atoms with Gasteiger partial charge in [0, 0.05) is 18.8 Å². The number of hydrogen-bond donors (Lipinski definition) is 0. The average molecular weight is 256 g/mol. The second-order valence-electron chi connectivity index (χ2n) is 4.14. The Labute approximate surface area is 110 Å². The van der Waals surface area contributed by atoms with Gasteiger partial charge in [-0.15, -0.1) is 0 Å². The van der Waals surface area contributed by atoms with Crippen LogP contribution in [-0.2, 0) is 0 Å². The smallest absolute Gasteiger partial charge is 0.258 e. The van der Waals surface area contributed by atoms with Crippen LogP contribution in [-0.4, -0.2) is 24.7 Å². The minimum absolute atomic E-state index is 0.119. The van der Waals surface area contributed by atoms with Crippen LogP contribution in [0.4, 0.5) is 5.69 Å². The Morgan fingerprint density at radius 3 is 2.89 bits per heavy atom. The van der Waals surface area contributed by atoms with Crippen LogP contribution in [0, 0.1) is 0 Å². The molecule has 1 aliphatic heterocycles. The molecule has 0 saturated carbocycles. The molecule has 0 bridgehead atoms. The van der Waals surface area contributed by atoms with E-state index in [0.29, 0.717) is 17.1 Å². The van der Waals surface area contributed by atoms with Crippen molar-refractivity contribution in [3.63, 3.8) is 0 Å². The van der Waals surface area contributed by atoms with Crippen molar-refractivity contribution in [1.82, 2.24) is 4.98 Å². The fourth-order valence-corrected chi connectivity index (χ4v) is 1.89. The summed E-state index contributed by atoms with van der Waals surface area (Å²) < 4.78 is 10.5. The van der Waals surface area contributed by atoms with E-state index in [-0.39, 0.29) is 12.7 Å². The molecule has 0 saturated heterocycles. The van der Waals surface area contributed by atoms with Crippen LogP contribution in [0.25, 0.3) is 0 Å². The summed E-state index contributed by atoms with van der Waals surface area (Å²) in [5.74, 6) is 1.15. The number of ether oxygens (including phenoxy) is 2. The van der Waals surface area contributed by atoms with Gasteiger partial charge in [-0.25, -0.2) is 0 Å². The zero-order valence-corrected chi connectivity index (χ0v) is 10.4. The molecule has 0 fully saturated rings. The van der Waals surface area contributed by atoms with Crippen LogP contribution < -0.4 is 14.4 Å². The van der Waals surface area contributed by atoms with Crippen LogP contribution in [0.5, 0.6) is 11.5 Å². The van der Waals surface area contributed by atoms with Crippen molar-refractivity contribution in [3.05, 3.63) is 48.3 Å². The van der Waals surface area contributed by atoms with Crippen molar-refractivity contribution in [1.29, 1.82) is 0 Å². The highest BCUT2D eigenvalue weighted by Gasteiger charge is 2.19. The standard InChI is InChI=1S/C14H12N2O3/c1-16(11-3-2-6-15-8-11)14(17)10-4-5-12-13(7-10)19-9-18-12/h2-8H,9H2,1H3. The SMILES string of the molecule is CN(C(=O)c1ccc2c(c1)OCO2)c1cccnc1. The molecule has 19 heavy (non-hydrogen) atoms. The highest BCUT2D eigenvalue weighted by Crippen LogP contribution is 2.33. The number of fused-ring (bicyclic) bond motifs is 1. The number of nitrogens with zero attached hydrogens (tertiary/aromatic N) is 2. The van der Waals surface area contributed by atoms with Crippen LogP contribution in [0.2, 0.25) is 0 Å². The molecule has 96 valence electrons. The van der Waals surface area contributed by atoms with Gasteiger partial charge in [-0.05, 0) is 30.3 Å². The Balaban J connectivity index is 1.88. The minimum atomic E-state index is -0.119. The second kappa shape index (κ2) is 4.61. The predicted molar refractivity (Wildman–Crippen MR) is 69.5 cm³/mol. The Kier molecular flexibility index (Phi) is 2.79. The molecular formula is C14H12N2O3. The van der Waals surface area contributed by atoms with Gasteiger partial charge in [0.15, 0.2) is 11.5 Å². The maximum absolute atomic E-state index is 12.3. The summed E-state index contributed by atoms with van der Waals surface area (Å²) in [6.45, 7) is 0.200. The van der Waals surface area contributed by atoms with Gasteiger partial charge in [0.1, 0.15) is 0 Å². The summed E-state index contributed by atoms with van der Waals surface area (Å²) in [4.78, 5) is 17.9. The molecule has 0 unspecified atom stereocenters. The first kappa shape index (κ1) is 11.5. The summed E-state index contributed by atoms with van der Waals surface area (Å²) in [5.41, 5.74) is 1.29. The van der Waals surface area contributed by atoms with E-state index in [0.717, 1.165) is 5.69 Å². The van der Waals surface area contributed by atoms with Gasteiger partial charge >= 0.3 is 0 Å². The summed E-state index contributed by atoms with van der Waals surface area (Å²) in [6.07, 6.45) is 3.31. The number of carbonyl (C=O) groups is 1. The maximum Gasteiger partial charge on any atom is 0.258 e. The van der Waals surface area contributed by atoms with Crippen molar-refractivity contribution in [2.75, 3.05) is 18.7 Å². The van der Waals surface area contributed by atoms with Gasteiger partial charge in [-0.3, -0.25) is 9.78 Å². The molecule has 2 heterocycles. The van der Waals surface area contributed by atoms with Gasteiger partial charge in [0.05, 0.1) is 11.9 Å². The van der Waals surface area contributed by atoms with E-state index >= 15 is 0 Å². The first-order chi connectivity index (χ1) is 9.25. The first-order valence-electron chi connectivity index (χ1n) is 5.83. The van der Waals surface area contributed by atoms with Gasteiger partial charge in [0.2, 0.25) is 6.79 Å². The minimum Gasteiger partial charge on any atom is -0.454 e. The van der Waals surface area contributed by atoms with E-state index < -0.39 is 0 Å². The predicted octanol–water partition coefficient (Wildman–Crippen LogP) is 2.09. The molecule has 1 aromatic carbocycles.